The molecule has 5 nitrogen and oxygen atoms in total. The van der Waals surface area contributed by atoms with Crippen LogP contribution < -0.4 is 5.32 Å². The first-order valence-corrected chi connectivity index (χ1v) is 7.07. The quantitative estimate of drug-likeness (QED) is 0.451. The summed E-state index contributed by atoms with van der Waals surface area (Å²) in [5.74, 6) is 0. The molecule has 1 N–H and O–H groups in total. The van der Waals surface area contributed by atoms with E-state index >= 15 is 0 Å². The molecular weight excluding hydrogens is 254 g/mol. The minimum absolute atomic E-state index is 0.198. The van der Waals surface area contributed by atoms with E-state index < -0.39 is 0 Å². The second-order valence-corrected chi connectivity index (χ2v) is 5.42. The summed E-state index contributed by atoms with van der Waals surface area (Å²) in [4.78, 5) is 12.9. The molecule has 0 spiro atoms. The van der Waals surface area contributed by atoms with Crippen LogP contribution in [-0.4, -0.2) is 36.0 Å². The second-order valence-electron chi connectivity index (χ2n) is 5.42. The van der Waals surface area contributed by atoms with Crippen molar-refractivity contribution in [2.75, 3.05) is 20.1 Å². The Bertz CT molecular complexity index is 447. The van der Waals surface area contributed by atoms with Gasteiger partial charge in [0.2, 0.25) is 0 Å². The lowest BCUT2D eigenvalue weighted by molar-refractivity contribution is -0.385. The van der Waals surface area contributed by atoms with Crippen LogP contribution in [0.1, 0.15) is 31.4 Å². The van der Waals surface area contributed by atoms with Gasteiger partial charge in [-0.25, -0.2) is 0 Å². The molecule has 1 rings (SSSR count). The van der Waals surface area contributed by atoms with Crippen LogP contribution in [0.15, 0.2) is 18.2 Å². The maximum Gasteiger partial charge on any atom is 0.272 e. The van der Waals surface area contributed by atoms with Crippen molar-refractivity contribution in [3.8, 4) is 0 Å². The van der Waals surface area contributed by atoms with Crippen LogP contribution in [-0.2, 0) is 6.54 Å². The zero-order chi connectivity index (χ0) is 15.1. The molecule has 0 aliphatic rings. The fourth-order valence-electron chi connectivity index (χ4n) is 1.99. The number of benzene rings is 1. The van der Waals surface area contributed by atoms with Gasteiger partial charge in [0, 0.05) is 24.2 Å². The number of hydrogen-bond donors (Lipinski definition) is 1. The molecule has 1 aromatic rings. The molecule has 5 heteroatoms. The van der Waals surface area contributed by atoms with E-state index in [1.807, 2.05) is 13.0 Å². The summed E-state index contributed by atoms with van der Waals surface area (Å²) in [5, 5.41) is 14.2. The highest BCUT2D eigenvalue weighted by Crippen LogP contribution is 2.20. The van der Waals surface area contributed by atoms with Gasteiger partial charge in [-0.2, -0.15) is 0 Å². The molecule has 0 fully saturated rings. The van der Waals surface area contributed by atoms with Crippen molar-refractivity contribution in [1.82, 2.24) is 10.2 Å². The SMILES string of the molecule is Cc1c(CNCCCN(C)C(C)C)cccc1[N+](=O)[O-]. The van der Waals surface area contributed by atoms with E-state index in [0.29, 0.717) is 12.6 Å². The standard InChI is InChI=1S/C15H25N3O2/c1-12(2)17(4)10-6-9-16-11-14-7-5-8-15(13(14)3)18(19)20/h5,7-8,12,16H,6,9-11H2,1-4H3. The van der Waals surface area contributed by atoms with Gasteiger partial charge in [-0.05, 0) is 52.9 Å². The van der Waals surface area contributed by atoms with E-state index in [1.165, 1.54) is 0 Å². The predicted octanol–water partition coefficient (Wildman–Crippen LogP) is 2.72. The molecule has 112 valence electrons. The molecule has 0 saturated carbocycles. The van der Waals surface area contributed by atoms with E-state index in [0.717, 1.165) is 30.6 Å². The molecule has 0 radical (unpaired) electrons. The van der Waals surface area contributed by atoms with Gasteiger partial charge in [-0.15, -0.1) is 0 Å². The zero-order valence-electron chi connectivity index (χ0n) is 12.8. The topological polar surface area (TPSA) is 58.4 Å². The lowest BCUT2D eigenvalue weighted by Gasteiger charge is -2.20. The number of nitro benzene ring substituents is 1. The Morgan fingerprint density at radius 2 is 2.10 bits per heavy atom. The first kappa shape index (κ1) is 16.6. The molecule has 0 aliphatic carbocycles. The lowest BCUT2D eigenvalue weighted by atomic mass is 10.1. The van der Waals surface area contributed by atoms with E-state index in [2.05, 4.69) is 31.1 Å². The maximum absolute atomic E-state index is 10.9. The van der Waals surface area contributed by atoms with Crippen molar-refractivity contribution in [1.29, 1.82) is 0 Å². The average Bonchev–Trinajstić information content (AvgIpc) is 2.39. The highest BCUT2D eigenvalue weighted by molar-refractivity contribution is 5.44. The molecule has 0 unspecified atom stereocenters. The molecule has 0 atom stereocenters. The maximum atomic E-state index is 10.9. The molecule has 0 amide bonds. The predicted molar refractivity (Wildman–Crippen MR) is 81.9 cm³/mol. The molecule has 0 aliphatic heterocycles. The van der Waals surface area contributed by atoms with E-state index in [9.17, 15) is 10.1 Å². The molecule has 20 heavy (non-hydrogen) atoms. The van der Waals surface area contributed by atoms with Crippen molar-refractivity contribution >= 4 is 5.69 Å². The smallest absolute Gasteiger partial charge is 0.272 e. The van der Waals surface area contributed by atoms with Gasteiger partial charge in [0.1, 0.15) is 0 Å². The monoisotopic (exact) mass is 279 g/mol. The number of nitrogens with one attached hydrogen (secondary N) is 1. The molecule has 0 saturated heterocycles. The minimum Gasteiger partial charge on any atom is -0.313 e. The zero-order valence-corrected chi connectivity index (χ0v) is 12.8. The van der Waals surface area contributed by atoms with Crippen LogP contribution >= 0.6 is 0 Å². The Balaban J connectivity index is 2.40. The molecule has 0 heterocycles. The van der Waals surface area contributed by atoms with Crippen molar-refractivity contribution in [2.45, 2.75) is 39.8 Å². The third-order valence-electron chi connectivity index (χ3n) is 3.68. The Morgan fingerprint density at radius 1 is 1.40 bits per heavy atom. The van der Waals surface area contributed by atoms with Crippen molar-refractivity contribution in [3.63, 3.8) is 0 Å². The third kappa shape index (κ3) is 4.90. The normalized spacial score (nSPS) is 11.3. The van der Waals surface area contributed by atoms with E-state index in [-0.39, 0.29) is 10.6 Å². The van der Waals surface area contributed by atoms with Crippen molar-refractivity contribution in [3.05, 3.63) is 39.4 Å². The number of nitro groups is 1. The van der Waals surface area contributed by atoms with Crippen LogP contribution in [0.5, 0.6) is 0 Å². The van der Waals surface area contributed by atoms with Crippen LogP contribution in [0.4, 0.5) is 5.69 Å². The summed E-state index contributed by atoms with van der Waals surface area (Å²) in [6.45, 7) is 8.82. The van der Waals surface area contributed by atoms with Crippen molar-refractivity contribution < 1.29 is 4.92 Å². The summed E-state index contributed by atoms with van der Waals surface area (Å²) < 4.78 is 0. The van der Waals surface area contributed by atoms with Crippen LogP contribution in [0.3, 0.4) is 0 Å². The fourth-order valence-corrected chi connectivity index (χ4v) is 1.99. The van der Waals surface area contributed by atoms with Crippen LogP contribution in [0, 0.1) is 17.0 Å². The number of hydrogen-bond acceptors (Lipinski definition) is 4. The summed E-state index contributed by atoms with van der Waals surface area (Å²) >= 11 is 0. The molecule has 0 bridgehead atoms. The van der Waals surface area contributed by atoms with E-state index in [4.69, 9.17) is 0 Å². The summed E-state index contributed by atoms with van der Waals surface area (Å²) in [5.41, 5.74) is 1.95. The Labute approximate surface area is 121 Å². The van der Waals surface area contributed by atoms with Gasteiger partial charge in [-0.3, -0.25) is 10.1 Å². The van der Waals surface area contributed by atoms with Gasteiger partial charge in [-0.1, -0.05) is 12.1 Å². The summed E-state index contributed by atoms with van der Waals surface area (Å²) in [6.07, 6.45) is 1.07. The first-order valence-electron chi connectivity index (χ1n) is 7.07. The average molecular weight is 279 g/mol. The minimum atomic E-state index is -0.323. The fraction of sp³-hybridized carbons (Fsp3) is 0.600. The summed E-state index contributed by atoms with van der Waals surface area (Å²) in [7, 11) is 2.12. The van der Waals surface area contributed by atoms with Crippen LogP contribution in [0.2, 0.25) is 0 Å². The van der Waals surface area contributed by atoms with Gasteiger partial charge >= 0.3 is 0 Å². The highest BCUT2D eigenvalue weighted by atomic mass is 16.6. The second kappa shape index (κ2) is 7.97. The van der Waals surface area contributed by atoms with E-state index in [1.54, 1.807) is 12.1 Å². The largest absolute Gasteiger partial charge is 0.313 e. The highest BCUT2D eigenvalue weighted by Gasteiger charge is 2.12. The molecule has 0 aromatic heterocycles. The van der Waals surface area contributed by atoms with Gasteiger partial charge < -0.3 is 10.2 Å². The van der Waals surface area contributed by atoms with Gasteiger partial charge in [0.15, 0.2) is 0 Å². The number of nitrogens with zero attached hydrogens (tertiary/aromatic N) is 2. The van der Waals surface area contributed by atoms with Crippen molar-refractivity contribution in [2.24, 2.45) is 0 Å². The Morgan fingerprint density at radius 3 is 2.70 bits per heavy atom. The third-order valence-corrected chi connectivity index (χ3v) is 3.68. The Hall–Kier alpha value is -1.46. The lowest BCUT2D eigenvalue weighted by Crippen LogP contribution is -2.29. The molecular formula is C15H25N3O2. The molecule has 1 aromatic carbocycles. The first-order chi connectivity index (χ1) is 9.43. The summed E-state index contributed by atoms with van der Waals surface area (Å²) in [6, 6.07) is 5.80. The van der Waals surface area contributed by atoms with Crippen LogP contribution in [0.25, 0.3) is 0 Å². The van der Waals surface area contributed by atoms with Gasteiger partial charge in [0.25, 0.3) is 5.69 Å². The van der Waals surface area contributed by atoms with Gasteiger partial charge in [0.05, 0.1) is 4.92 Å². The number of rotatable bonds is 8. The Kier molecular flexibility index (Phi) is 6.61.